The molecule has 3 amide bonds. The molecule has 46 heavy (non-hydrogen) atoms. The summed E-state index contributed by atoms with van der Waals surface area (Å²) in [6, 6.07) is 4.55. The zero-order chi connectivity index (χ0) is 33.6. The highest BCUT2D eigenvalue weighted by Gasteiger charge is 2.57. The number of ether oxygens (including phenoxy) is 1. The third kappa shape index (κ3) is 4.90. The highest BCUT2D eigenvalue weighted by Crippen LogP contribution is 2.54. The van der Waals surface area contributed by atoms with Gasteiger partial charge in [0.15, 0.2) is 5.82 Å². The summed E-state index contributed by atoms with van der Waals surface area (Å²) in [7, 11) is 0. The third-order valence-electron chi connectivity index (χ3n) is 9.78. The molecule has 244 valence electrons. The zero-order valence-electron chi connectivity index (χ0n) is 27.0. The fraction of sp³-hybridized carbons (Fsp3) is 0.576. The first-order chi connectivity index (χ1) is 22.2. The number of fused-ring (bicyclic) bond motifs is 4. The Labute approximate surface area is 274 Å². The summed E-state index contributed by atoms with van der Waals surface area (Å²) in [5, 5.41) is 10.4. The van der Waals surface area contributed by atoms with Crippen LogP contribution in [0.5, 0.6) is 0 Å². The molecule has 1 aromatic carbocycles. The molecule has 0 N–H and O–H groups in total. The number of amides is 3. The SMILES string of the molecule is [2H]Cc1nc2c(F)c(Br)c(CCC#N)cc2c2c1cc([C@H]1CCCN1C(=O)N1CC(F)(F)C1)n2[C@H]1[C@@H]2C[C@H]1N(C(=O)OC(C)(C)C)C2. The normalized spacial score (nSPS) is 25.4. The van der Waals surface area contributed by atoms with Crippen molar-refractivity contribution in [2.24, 2.45) is 5.92 Å². The van der Waals surface area contributed by atoms with Gasteiger partial charge in [-0.05, 0) is 87.0 Å². The number of pyridine rings is 1. The molecule has 6 heterocycles. The number of urea groups is 1. The molecule has 5 fully saturated rings. The van der Waals surface area contributed by atoms with Crippen LogP contribution < -0.4 is 0 Å². The van der Waals surface area contributed by atoms with Gasteiger partial charge in [0.05, 0.1) is 47.3 Å². The van der Waals surface area contributed by atoms with E-state index in [0.29, 0.717) is 59.9 Å². The van der Waals surface area contributed by atoms with Gasteiger partial charge in [0.2, 0.25) is 0 Å². The fourth-order valence-corrected chi connectivity index (χ4v) is 8.28. The molecule has 0 radical (unpaired) electrons. The second kappa shape index (κ2) is 10.8. The summed E-state index contributed by atoms with van der Waals surface area (Å²) in [6.07, 6.45) is 2.11. The van der Waals surface area contributed by atoms with Crippen LogP contribution >= 0.6 is 15.9 Å². The number of aryl methyl sites for hydroxylation is 2. The van der Waals surface area contributed by atoms with Crippen LogP contribution in [-0.2, 0) is 11.2 Å². The van der Waals surface area contributed by atoms with E-state index in [4.69, 9.17) is 6.11 Å². The quantitative estimate of drug-likeness (QED) is 0.286. The minimum Gasteiger partial charge on any atom is -0.444 e. The molecule has 2 bridgehead atoms. The average Bonchev–Trinajstić information content (AvgIpc) is 3.78. The number of carbonyl (C=O) groups is 2. The second-order valence-corrected chi connectivity index (χ2v) is 14.8. The molecule has 13 heteroatoms. The number of hydrogen-bond acceptors (Lipinski definition) is 5. The molecule has 5 aliphatic rings. The van der Waals surface area contributed by atoms with Crippen molar-refractivity contribution in [2.45, 2.75) is 89.4 Å². The molecular weight excluding hydrogens is 665 g/mol. The van der Waals surface area contributed by atoms with Crippen LogP contribution in [0.3, 0.4) is 0 Å². The van der Waals surface area contributed by atoms with Crippen LogP contribution in [0, 0.1) is 30.0 Å². The molecule has 8 rings (SSSR count). The number of nitrogens with zero attached hydrogens (tertiary/aromatic N) is 6. The molecule has 4 atom stereocenters. The Morgan fingerprint density at radius 1 is 1.24 bits per heavy atom. The van der Waals surface area contributed by atoms with Gasteiger partial charge in [-0.2, -0.15) is 5.26 Å². The summed E-state index contributed by atoms with van der Waals surface area (Å²) < 4.78 is 60.1. The molecule has 9 nitrogen and oxygen atoms in total. The van der Waals surface area contributed by atoms with Crippen LogP contribution in [-0.4, -0.2) is 80.1 Å². The van der Waals surface area contributed by atoms with Crippen LogP contribution in [0.4, 0.5) is 22.8 Å². The van der Waals surface area contributed by atoms with Gasteiger partial charge in [-0.25, -0.2) is 27.7 Å². The van der Waals surface area contributed by atoms with E-state index in [1.165, 1.54) is 4.90 Å². The number of halogens is 4. The minimum atomic E-state index is -2.90. The van der Waals surface area contributed by atoms with E-state index in [1.54, 1.807) is 9.80 Å². The molecule has 4 saturated heterocycles. The van der Waals surface area contributed by atoms with Gasteiger partial charge in [0, 0.05) is 49.0 Å². The Kier molecular flexibility index (Phi) is 6.98. The van der Waals surface area contributed by atoms with E-state index in [2.05, 4.69) is 31.6 Å². The van der Waals surface area contributed by atoms with Gasteiger partial charge < -0.3 is 24.0 Å². The van der Waals surface area contributed by atoms with Gasteiger partial charge in [-0.3, -0.25) is 0 Å². The Morgan fingerprint density at radius 3 is 2.67 bits per heavy atom. The summed E-state index contributed by atoms with van der Waals surface area (Å²) in [5.41, 5.74) is 1.81. The maximum absolute atomic E-state index is 16.1. The van der Waals surface area contributed by atoms with Crippen molar-refractivity contribution in [2.75, 3.05) is 26.2 Å². The summed E-state index contributed by atoms with van der Waals surface area (Å²) >= 11 is 3.37. The lowest BCUT2D eigenvalue weighted by Gasteiger charge is -2.43. The number of hydrogen-bond donors (Lipinski definition) is 0. The number of alkyl halides is 2. The van der Waals surface area contributed by atoms with Crippen molar-refractivity contribution in [3.63, 3.8) is 0 Å². The Morgan fingerprint density at radius 2 is 2.00 bits per heavy atom. The number of carbonyl (C=O) groups excluding carboxylic acids is 2. The highest BCUT2D eigenvalue weighted by molar-refractivity contribution is 9.10. The van der Waals surface area contributed by atoms with E-state index >= 15 is 4.39 Å². The molecule has 1 aliphatic carbocycles. The van der Waals surface area contributed by atoms with Gasteiger partial charge in [0.1, 0.15) is 11.1 Å². The standard InChI is InChI=1S/C33H36BrF3N6O3/c1-17-20-13-23(22-8-6-10-41(22)30(44)40-15-33(36,37)16-40)43(28-19-12-24(28)42(14-19)31(45)46-32(2,3)4)29(20)21-11-18(7-5-9-38)25(34)26(35)27(21)39-17/h11,13,19,22,24,28H,5-8,10,12,14-16H2,1-4H3/t19-,22-,24-,28+/m1/s1/i1D. The van der Waals surface area contributed by atoms with Gasteiger partial charge in [-0.15, -0.1) is 0 Å². The first kappa shape index (κ1) is 29.8. The number of rotatable bonds is 4. The lowest BCUT2D eigenvalue weighted by molar-refractivity contribution is -0.114. The third-order valence-corrected chi connectivity index (χ3v) is 10.6. The predicted molar refractivity (Wildman–Crippen MR) is 168 cm³/mol. The van der Waals surface area contributed by atoms with Gasteiger partial charge >= 0.3 is 12.1 Å². The molecule has 0 spiro atoms. The second-order valence-electron chi connectivity index (χ2n) is 14.0. The van der Waals surface area contributed by atoms with Crippen LogP contribution in [0.1, 0.15) is 76.9 Å². The van der Waals surface area contributed by atoms with Crippen molar-refractivity contribution in [1.29, 1.82) is 5.26 Å². The fourth-order valence-electron chi connectivity index (χ4n) is 7.78. The van der Waals surface area contributed by atoms with Crippen molar-refractivity contribution in [1.82, 2.24) is 24.3 Å². The van der Waals surface area contributed by atoms with Crippen molar-refractivity contribution < 1.29 is 28.9 Å². The monoisotopic (exact) mass is 701 g/mol. The van der Waals surface area contributed by atoms with Crippen LogP contribution in [0.15, 0.2) is 16.6 Å². The number of benzene rings is 1. The summed E-state index contributed by atoms with van der Waals surface area (Å²) in [4.78, 5) is 36.1. The van der Waals surface area contributed by atoms with Crippen LogP contribution in [0.2, 0.25) is 0 Å². The molecule has 0 unspecified atom stereocenters. The number of likely N-dealkylation sites (tertiary alicyclic amines) is 2. The summed E-state index contributed by atoms with van der Waals surface area (Å²) in [6.45, 7) is 4.87. The highest BCUT2D eigenvalue weighted by atomic mass is 79.9. The first-order valence-electron chi connectivity index (χ1n) is 16.4. The number of aromatic nitrogens is 2. The van der Waals surface area contributed by atoms with Gasteiger partial charge in [-0.1, -0.05) is 0 Å². The summed E-state index contributed by atoms with van der Waals surface area (Å²) in [5.74, 6) is -3.42. The van der Waals surface area contributed by atoms with E-state index in [0.717, 1.165) is 12.1 Å². The zero-order valence-corrected chi connectivity index (χ0v) is 27.5. The lowest BCUT2D eigenvalue weighted by Crippen LogP contribution is -2.61. The van der Waals surface area contributed by atoms with Crippen LogP contribution in [0.25, 0.3) is 21.8 Å². The topological polar surface area (TPSA) is 94.7 Å². The Balaban J connectivity index is 1.42. The first-order valence-corrected chi connectivity index (χ1v) is 16.5. The Hall–Kier alpha value is -3.53. The van der Waals surface area contributed by atoms with Crippen molar-refractivity contribution in [3.8, 4) is 6.07 Å². The van der Waals surface area contributed by atoms with E-state index in [1.807, 2.05) is 32.9 Å². The number of nitriles is 1. The van der Waals surface area contributed by atoms with Crippen molar-refractivity contribution >= 4 is 49.9 Å². The predicted octanol–water partition coefficient (Wildman–Crippen LogP) is 7.24. The molecule has 2 aromatic heterocycles. The molecule has 3 aromatic rings. The molecule has 1 saturated carbocycles. The lowest BCUT2D eigenvalue weighted by atomic mass is 9.79. The van der Waals surface area contributed by atoms with E-state index in [9.17, 15) is 23.6 Å². The smallest absolute Gasteiger partial charge is 0.410 e. The average molecular weight is 703 g/mol. The largest absolute Gasteiger partial charge is 0.444 e. The minimum absolute atomic E-state index is 0.0579. The maximum Gasteiger partial charge on any atom is 0.410 e. The Bertz CT molecular complexity index is 1850. The molecule has 4 aliphatic heterocycles. The van der Waals surface area contributed by atoms with Gasteiger partial charge in [0.25, 0.3) is 5.92 Å². The van der Waals surface area contributed by atoms with E-state index in [-0.39, 0.29) is 41.3 Å². The van der Waals surface area contributed by atoms with Crippen molar-refractivity contribution in [3.05, 3.63) is 39.4 Å². The van der Waals surface area contributed by atoms with E-state index < -0.39 is 48.6 Å². The molecular formula is C33H36BrF3N6O3. The maximum atomic E-state index is 16.1.